The molecule has 0 unspecified atom stereocenters. The number of ether oxygens (including phenoxy) is 1. The Morgan fingerprint density at radius 1 is 1.35 bits per heavy atom. The van der Waals surface area contributed by atoms with E-state index in [1.165, 1.54) is 0 Å². The zero-order valence-corrected chi connectivity index (χ0v) is 10.8. The molecule has 0 radical (unpaired) electrons. The summed E-state index contributed by atoms with van der Waals surface area (Å²) in [5.74, 6) is 0.0116. The molecule has 1 aromatic rings. The number of amides is 1. The van der Waals surface area contributed by atoms with Crippen molar-refractivity contribution in [2.75, 3.05) is 19.0 Å². The van der Waals surface area contributed by atoms with Gasteiger partial charge in [0.15, 0.2) is 0 Å². The molecule has 96 valence electrons. The summed E-state index contributed by atoms with van der Waals surface area (Å²) in [5.41, 5.74) is 7.34. The number of carbonyl (C=O) groups is 1. The number of methoxy groups -OCH3 is 1. The van der Waals surface area contributed by atoms with Gasteiger partial charge in [-0.3, -0.25) is 4.79 Å². The van der Waals surface area contributed by atoms with Crippen LogP contribution in [0.3, 0.4) is 0 Å². The maximum Gasteiger partial charge on any atom is 0.224 e. The molecular formula is C12H19ClN2O2. The van der Waals surface area contributed by atoms with E-state index in [0.717, 1.165) is 17.7 Å². The number of nitrogens with one attached hydrogen (secondary N) is 1. The van der Waals surface area contributed by atoms with Gasteiger partial charge in [-0.15, -0.1) is 12.4 Å². The summed E-state index contributed by atoms with van der Waals surface area (Å²) < 4.78 is 4.88. The molecule has 17 heavy (non-hydrogen) atoms. The Labute approximate surface area is 108 Å². The van der Waals surface area contributed by atoms with Gasteiger partial charge in [-0.1, -0.05) is 12.1 Å². The number of anilines is 1. The smallest absolute Gasteiger partial charge is 0.224 e. The van der Waals surface area contributed by atoms with E-state index < -0.39 is 0 Å². The van der Waals surface area contributed by atoms with Gasteiger partial charge in [-0.25, -0.2) is 0 Å². The first-order valence-corrected chi connectivity index (χ1v) is 5.34. The summed E-state index contributed by atoms with van der Waals surface area (Å²) in [7, 11) is 1.63. The summed E-state index contributed by atoms with van der Waals surface area (Å²) in [6, 6.07) is 7.53. The molecule has 0 saturated carbocycles. The highest BCUT2D eigenvalue weighted by Crippen LogP contribution is 2.09. The third-order valence-corrected chi connectivity index (χ3v) is 2.23. The van der Waals surface area contributed by atoms with E-state index in [2.05, 4.69) is 5.32 Å². The van der Waals surface area contributed by atoms with E-state index >= 15 is 0 Å². The van der Waals surface area contributed by atoms with Crippen LogP contribution in [0, 0.1) is 0 Å². The van der Waals surface area contributed by atoms with Crippen LogP contribution in [0.4, 0.5) is 5.69 Å². The molecule has 0 aliphatic heterocycles. The van der Waals surface area contributed by atoms with Gasteiger partial charge < -0.3 is 15.8 Å². The number of carbonyl (C=O) groups excluding carboxylic acids is 1. The van der Waals surface area contributed by atoms with Crippen molar-refractivity contribution in [3.05, 3.63) is 29.8 Å². The average molecular weight is 259 g/mol. The van der Waals surface area contributed by atoms with Crippen LogP contribution in [0.1, 0.15) is 18.4 Å². The normalized spacial score (nSPS) is 9.53. The van der Waals surface area contributed by atoms with E-state index in [1.54, 1.807) is 7.11 Å². The molecule has 0 spiro atoms. The van der Waals surface area contributed by atoms with Crippen molar-refractivity contribution in [2.45, 2.75) is 19.4 Å². The number of hydrogen-bond acceptors (Lipinski definition) is 3. The second-order valence-corrected chi connectivity index (χ2v) is 3.55. The van der Waals surface area contributed by atoms with Crippen molar-refractivity contribution in [2.24, 2.45) is 5.73 Å². The zero-order valence-electron chi connectivity index (χ0n) is 9.94. The summed E-state index contributed by atoms with van der Waals surface area (Å²) >= 11 is 0. The monoisotopic (exact) mass is 258 g/mol. The summed E-state index contributed by atoms with van der Waals surface area (Å²) in [6.45, 7) is 1.13. The minimum absolute atomic E-state index is 0. The summed E-state index contributed by atoms with van der Waals surface area (Å²) in [4.78, 5) is 11.5. The first kappa shape index (κ1) is 15.9. The standard InChI is InChI=1S/C12H18N2O2.ClH/c1-16-8-2-3-12(15)14-11-6-4-10(9-13)5-7-11;/h4-7H,2-3,8-9,13H2,1H3,(H,14,15);1H. The van der Waals surface area contributed by atoms with Crippen molar-refractivity contribution in [3.8, 4) is 0 Å². The molecule has 1 aromatic carbocycles. The van der Waals surface area contributed by atoms with Crippen molar-refractivity contribution in [3.63, 3.8) is 0 Å². The lowest BCUT2D eigenvalue weighted by molar-refractivity contribution is -0.116. The fraction of sp³-hybridized carbons (Fsp3) is 0.417. The molecule has 0 bridgehead atoms. The van der Waals surface area contributed by atoms with Crippen molar-refractivity contribution in [1.82, 2.24) is 0 Å². The van der Waals surface area contributed by atoms with E-state index in [1.807, 2.05) is 24.3 Å². The first-order chi connectivity index (χ1) is 7.76. The molecule has 3 N–H and O–H groups in total. The van der Waals surface area contributed by atoms with Crippen LogP contribution in [0.25, 0.3) is 0 Å². The van der Waals surface area contributed by atoms with Gasteiger partial charge in [0, 0.05) is 32.4 Å². The second kappa shape index (κ2) is 8.98. The van der Waals surface area contributed by atoms with E-state index in [9.17, 15) is 4.79 Å². The summed E-state index contributed by atoms with van der Waals surface area (Å²) in [5, 5.41) is 2.82. The lowest BCUT2D eigenvalue weighted by Gasteiger charge is -2.05. The lowest BCUT2D eigenvalue weighted by atomic mass is 10.2. The van der Waals surface area contributed by atoms with Gasteiger partial charge in [0.05, 0.1) is 0 Å². The van der Waals surface area contributed by atoms with Crippen LogP contribution in [-0.4, -0.2) is 19.6 Å². The van der Waals surface area contributed by atoms with Crippen LogP contribution in [0.2, 0.25) is 0 Å². The molecule has 0 atom stereocenters. The molecule has 1 amide bonds. The fourth-order valence-electron chi connectivity index (χ4n) is 1.32. The van der Waals surface area contributed by atoms with Crippen LogP contribution >= 0.6 is 12.4 Å². The maximum atomic E-state index is 11.5. The predicted molar refractivity (Wildman–Crippen MR) is 71.3 cm³/mol. The number of benzene rings is 1. The lowest BCUT2D eigenvalue weighted by Crippen LogP contribution is -2.12. The molecule has 0 aliphatic carbocycles. The predicted octanol–water partition coefficient (Wildman–Crippen LogP) is 1.93. The molecule has 0 aromatic heterocycles. The molecule has 0 fully saturated rings. The third-order valence-electron chi connectivity index (χ3n) is 2.23. The quantitative estimate of drug-likeness (QED) is 0.767. The Balaban J connectivity index is 0.00000256. The van der Waals surface area contributed by atoms with Crippen LogP contribution in [-0.2, 0) is 16.1 Å². The highest BCUT2D eigenvalue weighted by molar-refractivity contribution is 5.90. The average Bonchev–Trinajstić information content (AvgIpc) is 2.30. The van der Waals surface area contributed by atoms with Crippen LogP contribution in [0.15, 0.2) is 24.3 Å². The fourth-order valence-corrected chi connectivity index (χ4v) is 1.32. The number of nitrogens with two attached hydrogens (primary N) is 1. The van der Waals surface area contributed by atoms with E-state index in [4.69, 9.17) is 10.5 Å². The van der Waals surface area contributed by atoms with E-state index in [-0.39, 0.29) is 18.3 Å². The van der Waals surface area contributed by atoms with Crippen molar-refractivity contribution >= 4 is 24.0 Å². The molecule has 1 rings (SSSR count). The third kappa shape index (κ3) is 6.26. The maximum absolute atomic E-state index is 11.5. The SMILES string of the molecule is COCCCC(=O)Nc1ccc(CN)cc1.Cl. The van der Waals surface area contributed by atoms with Crippen molar-refractivity contribution < 1.29 is 9.53 Å². The minimum atomic E-state index is 0. The highest BCUT2D eigenvalue weighted by atomic mass is 35.5. The molecule has 0 heterocycles. The topological polar surface area (TPSA) is 64.3 Å². The minimum Gasteiger partial charge on any atom is -0.385 e. The number of hydrogen-bond donors (Lipinski definition) is 2. The second-order valence-electron chi connectivity index (χ2n) is 3.55. The Kier molecular flexibility index (Phi) is 8.40. The highest BCUT2D eigenvalue weighted by Gasteiger charge is 2.01. The van der Waals surface area contributed by atoms with Gasteiger partial charge in [0.1, 0.15) is 0 Å². The summed E-state index contributed by atoms with van der Waals surface area (Å²) in [6.07, 6.45) is 1.22. The Morgan fingerprint density at radius 2 is 2.00 bits per heavy atom. The molecule has 0 saturated heterocycles. The van der Waals surface area contributed by atoms with Gasteiger partial charge >= 0.3 is 0 Å². The van der Waals surface area contributed by atoms with Gasteiger partial charge in [-0.05, 0) is 24.1 Å². The van der Waals surface area contributed by atoms with Crippen LogP contribution < -0.4 is 11.1 Å². The Hall–Kier alpha value is -1.10. The Bertz CT molecular complexity index is 328. The number of rotatable bonds is 6. The zero-order chi connectivity index (χ0) is 11.8. The molecule has 4 nitrogen and oxygen atoms in total. The largest absolute Gasteiger partial charge is 0.385 e. The number of halogens is 1. The van der Waals surface area contributed by atoms with Crippen LogP contribution in [0.5, 0.6) is 0 Å². The molecule has 5 heteroatoms. The van der Waals surface area contributed by atoms with Gasteiger partial charge in [-0.2, -0.15) is 0 Å². The van der Waals surface area contributed by atoms with Crippen molar-refractivity contribution in [1.29, 1.82) is 0 Å². The van der Waals surface area contributed by atoms with E-state index in [0.29, 0.717) is 19.6 Å². The Morgan fingerprint density at radius 3 is 2.53 bits per heavy atom. The molecule has 0 aliphatic rings. The van der Waals surface area contributed by atoms with Gasteiger partial charge in [0.2, 0.25) is 5.91 Å². The van der Waals surface area contributed by atoms with Gasteiger partial charge in [0.25, 0.3) is 0 Å². The first-order valence-electron chi connectivity index (χ1n) is 5.34. The molecular weight excluding hydrogens is 240 g/mol.